The van der Waals surface area contributed by atoms with E-state index in [1.807, 2.05) is 54.6 Å². The van der Waals surface area contributed by atoms with Crippen molar-refractivity contribution >= 4 is 11.6 Å². The molecule has 20 heavy (non-hydrogen) atoms. The number of hydrogen-bond donors (Lipinski definition) is 0. The summed E-state index contributed by atoms with van der Waals surface area (Å²) >= 11 is 5.83. The van der Waals surface area contributed by atoms with Gasteiger partial charge < -0.3 is 4.74 Å². The van der Waals surface area contributed by atoms with Gasteiger partial charge in [-0.2, -0.15) is 4.98 Å². The quantitative estimate of drug-likeness (QED) is 0.736. The van der Waals surface area contributed by atoms with E-state index in [0.29, 0.717) is 17.6 Å². The Hall–Kier alpha value is -2.33. The summed E-state index contributed by atoms with van der Waals surface area (Å²) in [7, 11) is 0. The summed E-state index contributed by atoms with van der Waals surface area (Å²) in [4.78, 5) is 4.13. The molecule has 0 radical (unpaired) electrons. The first-order valence-corrected chi connectivity index (χ1v) is 6.53. The van der Waals surface area contributed by atoms with Crippen molar-refractivity contribution in [3.8, 4) is 11.7 Å². The average Bonchev–Trinajstić information content (AvgIpc) is 2.97. The van der Waals surface area contributed by atoms with Gasteiger partial charge in [0, 0.05) is 5.02 Å². The van der Waals surface area contributed by atoms with Crippen LogP contribution in [-0.4, -0.2) is 14.8 Å². The molecule has 0 saturated carbocycles. The summed E-state index contributed by atoms with van der Waals surface area (Å²) in [6, 6.07) is 17.6. The third kappa shape index (κ3) is 2.97. The fourth-order valence-electron chi connectivity index (χ4n) is 1.75. The second-order valence-electron chi connectivity index (χ2n) is 4.22. The second-order valence-corrected chi connectivity index (χ2v) is 4.66. The number of ether oxygens (including phenoxy) is 1. The highest BCUT2D eigenvalue weighted by Crippen LogP contribution is 2.12. The summed E-state index contributed by atoms with van der Waals surface area (Å²) in [6.07, 6.45) is 1.63. The van der Waals surface area contributed by atoms with Crippen LogP contribution in [0.2, 0.25) is 5.02 Å². The third-order valence-corrected chi connectivity index (χ3v) is 3.02. The fourth-order valence-corrected chi connectivity index (χ4v) is 1.87. The van der Waals surface area contributed by atoms with Crippen LogP contribution in [0.25, 0.3) is 5.69 Å². The van der Waals surface area contributed by atoms with Crippen LogP contribution >= 0.6 is 11.6 Å². The highest BCUT2D eigenvalue weighted by Gasteiger charge is 2.03. The van der Waals surface area contributed by atoms with Gasteiger partial charge in [-0.05, 0) is 29.8 Å². The Bertz CT molecular complexity index is 680. The number of halogens is 1. The van der Waals surface area contributed by atoms with E-state index in [9.17, 15) is 0 Å². The summed E-state index contributed by atoms with van der Waals surface area (Å²) in [6.45, 7) is 0.413. The lowest BCUT2D eigenvalue weighted by Gasteiger charge is -2.02. The molecule has 0 aliphatic rings. The van der Waals surface area contributed by atoms with Crippen molar-refractivity contribution in [3.63, 3.8) is 0 Å². The molecule has 4 nitrogen and oxygen atoms in total. The van der Waals surface area contributed by atoms with Crippen molar-refractivity contribution in [3.05, 3.63) is 71.5 Å². The highest BCUT2D eigenvalue weighted by atomic mass is 35.5. The maximum Gasteiger partial charge on any atom is 0.336 e. The number of nitrogens with zero attached hydrogens (tertiary/aromatic N) is 3. The molecule has 0 fully saturated rings. The van der Waals surface area contributed by atoms with Crippen LogP contribution in [0.5, 0.6) is 6.01 Å². The lowest BCUT2D eigenvalue weighted by Crippen LogP contribution is -1.98. The largest absolute Gasteiger partial charge is 0.458 e. The van der Waals surface area contributed by atoms with Crippen LogP contribution in [0.4, 0.5) is 0 Å². The molecule has 0 saturated heterocycles. The van der Waals surface area contributed by atoms with E-state index >= 15 is 0 Å². The standard InChI is InChI=1S/C15H12ClN3O/c16-13-8-6-12(7-9-13)10-20-15-17-11-19(18-15)14-4-2-1-3-5-14/h1-9,11H,10H2. The first kappa shape index (κ1) is 12.7. The molecule has 2 aromatic carbocycles. The number of rotatable bonds is 4. The smallest absolute Gasteiger partial charge is 0.336 e. The van der Waals surface area contributed by atoms with Gasteiger partial charge in [-0.25, -0.2) is 4.68 Å². The third-order valence-electron chi connectivity index (χ3n) is 2.77. The summed E-state index contributed by atoms with van der Waals surface area (Å²) < 4.78 is 7.23. The van der Waals surface area contributed by atoms with Gasteiger partial charge in [0.05, 0.1) is 5.69 Å². The number of hydrogen-bond acceptors (Lipinski definition) is 3. The van der Waals surface area contributed by atoms with Gasteiger partial charge in [-0.1, -0.05) is 41.9 Å². The predicted molar refractivity (Wildman–Crippen MR) is 77.1 cm³/mol. The zero-order chi connectivity index (χ0) is 13.8. The van der Waals surface area contributed by atoms with Crippen molar-refractivity contribution in [1.82, 2.24) is 14.8 Å². The molecule has 100 valence electrons. The van der Waals surface area contributed by atoms with Gasteiger partial charge in [-0.3, -0.25) is 0 Å². The van der Waals surface area contributed by atoms with E-state index in [1.54, 1.807) is 11.0 Å². The van der Waals surface area contributed by atoms with Crippen molar-refractivity contribution in [2.45, 2.75) is 6.61 Å². The molecule has 0 N–H and O–H groups in total. The van der Waals surface area contributed by atoms with Gasteiger partial charge in [0.25, 0.3) is 0 Å². The molecule has 3 aromatic rings. The van der Waals surface area contributed by atoms with E-state index in [0.717, 1.165) is 11.3 Å². The number of aromatic nitrogens is 3. The zero-order valence-electron chi connectivity index (χ0n) is 10.6. The molecule has 1 heterocycles. The SMILES string of the molecule is Clc1ccc(COc2ncn(-c3ccccc3)n2)cc1. The lowest BCUT2D eigenvalue weighted by atomic mass is 10.2. The van der Waals surface area contributed by atoms with Crippen LogP contribution in [0.15, 0.2) is 60.9 Å². The van der Waals surface area contributed by atoms with Crippen molar-refractivity contribution in [1.29, 1.82) is 0 Å². The maximum atomic E-state index is 5.83. The Balaban J connectivity index is 1.67. The lowest BCUT2D eigenvalue weighted by molar-refractivity contribution is 0.281. The van der Waals surface area contributed by atoms with E-state index in [-0.39, 0.29) is 0 Å². The van der Waals surface area contributed by atoms with Crippen LogP contribution < -0.4 is 4.74 Å². The van der Waals surface area contributed by atoms with Gasteiger partial charge >= 0.3 is 6.01 Å². The Morgan fingerprint density at radius 1 is 1.00 bits per heavy atom. The molecule has 0 bridgehead atoms. The second kappa shape index (κ2) is 5.75. The highest BCUT2D eigenvalue weighted by molar-refractivity contribution is 6.30. The van der Waals surface area contributed by atoms with Crippen LogP contribution in [0, 0.1) is 0 Å². The van der Waals surface area contributed by atoms with Crippen LogP contribution in [-0.2, 0) is 6.61 Å². The van der Waals surface area contributed by atoms with Gasteiger partial charge in [0.15, 0.2) is 0 Å². The molecule has 5 heteroatoms. The van der Waals surface area contributed by atoms with Gasteiger partial charge in [0.1, 0.15) is 12.9 Å². The number of benzene rings is 2. The molecule has 0 atom stereocenters. The monoisotopic (exact) mass is 285 g/mol. The van der Waals surface area contributed by atoms with E-state index in [2.05, 4.69) is 10.1 Å². The Labute approximate surface area is 121 Å². The van der Waals surface area contributed by atoms with Crippen molar-refractivity contribution in [2.24, 2.45) is 0 Å². The topological polar surface area (TPSA) is 39.9 Å². The summed E-state index contributed by atoms with van der Waals surface area (Å²) in [5.74, 6) is 0. The first-order chi connectivity index (χ1) is 9.81. The van der Waals surface area contributed by atoms with Crippen LogP contribution in [0.1, 0.15) is 5.56 Å². The van der Waals surface area contributed by atoms with E-state index in [4.69, 9.17) is 16.3 Å². The van der Waals surface area contributed by atoms with Crippen molar-refractivity contribution in [2.75, 3.05) is 0 Å². The molecular formula is C15H12ClN3O. The zero-order valence-corrected chi connectivity index (χ0v) is 11.4. The minimum atomic E-state index is 0.351. The van der Waals surface area contributed by atoms with Crippen LogP contribution in [0.3, 0.4) is 0 Å². The number of para-hydroxylation sites is 1. The first-order valence-electron chi connectivity index (χ1n) is 6.15. The Kier molecular flexibility index (Phi) is 3.65. The Morgan fingerprint density at radius 3 is 2.50 bits per heavy atom. The minimum Gasteiger partial charge on any atom is -0.458 e. The normalized spacial score (nSPS) is 10.4. The van der Waals surface area contributed by atoms with E-state index in [1.165, 1.54) is 0 Å². The molecule has 0 aliphatic heterocycles. The summed E-state index contributed by atoms with van der Waals surface area (Å²) in [5.41, 5.74) is 1.96. The van der Waals surface area contributed by atoms with Crippen molar-refractivity contribution < 1.29 is 4.74 Å². The molecule has 1 aromatic heterocycles. The molecule has 0 spiro atoms. The van der Waals surface area contributed by atoms with Gasteiger partial charge in [-0.15, -0.1) is 5.10 Å². The van der Waals surface area contributed by atoms with Gasteiger partial charge in [0.2, 0.25) is 0 Å². The molecule has 0 aliphatic carbocycles. The Morgan fingerprint density at radius 2 is 1.75 bits per heavy atom. The fraction of sp³-hybridized carbons (Fsp3) is 0.0667. The molecule has 0 amide bonds. The van der Waals surface area contributed by atoms with E-state index < -0.39 is 0 Å². The molecule has 3 rings (SSSR count). The minimum absolute atomic E-state index is 0.351. The summed E-state index contributed by atoms with van der Waals surface area (Å²) in [5, 5.41) is 4.98. The predicted octanol–water partition coefficient (Wildman–Crippen LogP) is 3.50. The molecular weight excluding hydrogens is 274 g/mol. The maximum absolute atomic E-state index is 5.83. The average molecular weight is 286 g/mol. The molecule has 0 unspecified atom stereocenters.